The number of nitrogens with zero attached hydrogens (tertiary/aromatic N) is 1. The molecule has 0 heterocycles. The number of phenolic OH excluding ortho intramolecular Hbond substituents is 2. The Morgan fingerprint density at radius 2 is 2.07 bits per heavy atom. The molecule has 0 aliphatic rings. The number of nitrogens with two attached hydrogens (primary N) is 1. The summed E-state index contributed by atoms with van der Waals surface area (Å²) in [6, 6.07) is 3.74. The summed E-state index contributed by atoms with van der Waals surface area (Å²) in [5.74, 6) is -1.23. The molecule has 0 saturated heterocycles. The van der Waals surface area contributed by atoms with Gasteiger partial charge in [0.1, 0.15) is 17.6 Å². The Morgan fingerprint density at radius 1 is 1.43 bits per heavy atom. The fourth-order valence-corrected chi connectivity index (χ4v) is 1.00. The monoisotopic (exact) mass is 192 g/mol. The predicted octanol–water partition coefficient (Wildman–Crippen LogP) is 0.111. The lowest BCUT2D eigenvalue weighted by Gasteiger charge is -2.03. The Kier molecular flexibility index (Phi) is 2.70. The van der Waals surface area contributed by atoms with Crippen LogP contribution in [0.4, 0.5) is 0 Å². The molecule has 1 rings (SSSR count). The molecule has 1 aromatic carbocycles. The van der Waals surface area contributed by atoms with Gasteiger partial charge in [-0.2, -0.15) is 5.26 Å². The van der Waals surface area contributed by atoms with Gasteiger partial charge in [-0.05, 0) is 6.07 Å². The maximum absolute atomic E-state index is 11.1. The van der Waals surface area contributed by atoms with Gasteiger partial charge in [-0.3, -0.25) is 4.79 Å². The van der Waals surface area contributed by atoms with Crippen molar-refractivity contribution in [2.24, 2.45) is 5.73 Å². The second-order valence-corrected chi connectivity index (χ2v) is 2.63. The smallest absolute Gasteiger partial charge is 0.180 e. The molecule has 0 saturated carbocycles. The number of ketones is 1. The van der Waals surface area contributed by atoms with E-state index in [0.717, 1.165) is 12.1 Å². The highest BCUT2D eigenvalue weighted by atomic mass is 16.3. The quantitative estimate of drug-likeness (QED) is 0.576. The first-order valence-corrected chi connectivity index (χ1v) is 3.79. The molecule has 4 N–H and O–H groups in total. The molecule has 0 fully saturated rings. The Bertz CT molecular complexity index is 421. The number of hydrogen-bond donors (Lipinski definition) is 3. The summed E-state index contributed by atoms with van der Waals surface area (Å²) in [5, 5.41) is 27.0. The number of hydrogen-bond acceptors (Lipinski definition) is 5. The lowest BCUT2D eigenvalue weighted by molar-refractivity contribution is 0.0999. The normalized spacial score (nSPS) is 9.43. The van der Waals surface area contributed by atoms with Crippen LogP contribution in [0.5, 0.6) is 11.5 Å². The summed E-state index contributed by atoms with van der Waals surface area (Å²) in [7, 11) is 0. The summed E-state index contributed by atoms with van der Waals surface area (Å²) in [5.41, 5.74) is 4.97. The van der Waals surface area contributed by atoms with E-state index >= 15 is 0 Å². The van der Waals surface area contributed by atoms with Crippen molar-refractivity contribution in [3.8, 4) is 17.6 Å². The molecule has 0 spiro atoms. The van der Waals surface area contributed by atoms with Crippen LogP contribution < -0.4 is 5.73 Å². The summed E-state index contributed by atoms with van der Waals surface area (Å²) < 4.78 is 0. The van der Waals surface area contributed by atoms with Crippen molar-refractivity contribution in [1.29, 1.82) is 5.26 Å². The molecular formula is C9H8N2O3. The van der Waals surface area contributed by atoms with E-state index in [4.69, 9.17) is 16.1 Å². The lowest BCUT2D eigenvalue weighted by Crippen LogP contribution is -2.13. The van der Waals surface area contributed by atoms with Gasteiger partial charge in [-0.15, -0.1) is 0 Å². The SMILES string of the molecule is N#Cc1cc(C(=O)CN)c(O)cc1O. The number of aromatic hydroxyl groups is 2. The Labute approximate surface area is 80.0 Å². The zero-order valence-electron chi connectivity index (χ0n) is 7.19. The minimum atomic E-state index is -0.487. The van der Waals surface area contributed by atoms with Crippen LogP contribution in [0.15, 0.2) is 12.1 Å². The number of Topliss-reactive ketones (excluding diaryl/α,β-unsaturated/α-hetero) is 1. The zero-order chi connectivity index (χ0) is 10.7. The first-order chi connectivity index (χ1) is 6.60. The Balaban J connectivity index is 3.33. The van der Waals surface area contributed by atoms with E-state index in [2.05, 4.69) is 0 Å². The average molecular weight is 192 g/mol. The average Bonchev–Trinajstić information content (AvgIpc) is 2.17. The van der Waals surface area contributed by atoms with Gasteiger partial charge in [0.2, 0.25) is 0 Å². The second kappa shape index (κ2) is 3.77. The highest BCUT2D eigenvalue weighted by Crippen LogP contribution is 2.26. The van der Waals surface area contributed by atoms with Crippen LogP contribution in [0.3, 0.4) is 0 Å². The molecule has 0 radical (unpaired) electrons. The maximum atomic E-state index is 11.1. The summed E-state index contributed by atoms with van der Waals surface area (Å²) in [4.78, 5) is 11.1. The van der Waals surface area contributed by atoms with Gasteiger partial charge >= 0.3 is 0 Å². The maximum Gasteiger partial charge on any atom is 0.180 e. The highest BCUT2D eigenvalue weighted by Gasteiger charge is 2.13. The predicted molar refractivity (Wildman–Crippen MR) is 47.9 cm³/mol. The molecule has 5 nitrogen and oxygen atoms in total. The van der Waals surface area contributed by atoms with Crippen molar-refractivity contribution in [3.05, 3.63) is 23.3 Å². The topological polar surface area (TPSA) is 107 Å². The second-order valence-electron chi connectivity index (χ2n) is 2.63. The molecule has 5 heteroatoms. The van der Waals surface area contributed by atoms with E-state index in [1.807, 2.05) is 0 Å². The van der Waals surface area contributed by atoms with Crippen molar-refractivity contribution >= 4 is 5.78 Å². The summed E-state index contributed by atoms with van der Waals surface area (Å²) in [6.07, 6.45) is 0. The summed E-state index contributed by atoms with van der Waals surface area (Å²) in [6.45, 7) is -0.261. The van der Waals surface area contributed by atoms with Gasteiger partial charge in [-0.25, -0.2) is 0 Å². The number of benzene rings is 1. The number of phenols is 2. The lowest BCUT2D eigenvalue weighted by atomic mass is 10.1. The first kappa shape index (κ1) is 10.0. The standard InChI is InChI=1S/C9H8N2O3/c10-3-5-1-6(9(14)4-11)8(13)2-7(5)12/h1-2,12-13H,4,11H2. The van der Waals surface area contributed by atoms with Crippen LogP contribution in [0.1, 0.15) is 15.9 Å². The zero-order valence-corrected chi connectivity index (χ0v) is 7.19. The van der Waals surface area contributed by atoms with E-state index in [0.29, 0.717) is 0 Å². The third-order valence-electron chi connectivity index (χ3n) is 1.72. The van der Waals surface area contributed by atoms with E-state index in [9.17, 15) is 9.90 Å². The molecule has 14 heavy (non-hydrogen) atoms. The molecule has 72 valence electrons. The van der Waals surface area contributed by atoms with Crippen LogP contribution in [0.25, 0.3) is 0 Å². The van der Waals surface area contributed by atoms with Gasteiger partial charge in [0.05, 0.1) is 17.7 Å². The van der Waals surface area contributed by atoms with E-state index in [1.54, 1.807) is 6.07 Å². The van der Waals surface area contributed by atoms with Gasteiger partial charge < -0.3 is 15.9 Å². The Morgan fingerprint density at radius 3 is 2.57 bits per heavy atom. The minimum absolute atomic E-state index is 0.0538. The third kappa shape index (κ3) is 1.65. The first-order valence-electron chi connectivity index (χ1n) is 3.79. The number of carbonyl (C=O) groups excluding carboxylic acids is 1. The minimum Gasteiger partial charge on any atom is -0.507 e. The van der Waals surface area contributed by atoms with Crippen LogP contribution >= 0.6 is 0 Å². The fourth-order valence-electron chi connectivity index (χ4n) is 1.00. The molecule has 0 aromatic heterocycles. The van der Waals surface area contributed by atoms with E-state index < -0.39 is 5.78 Å². The third-order valence-corrected chi connectivity index (χ3v) is 1.72. The van der Waals surface area contributed by atoms with Crippen molar-refractivity contribution in [1.82, 2.24) is 0 Å². The van der Waals surface area contributed by atoms with Crippen molar-refractivity contribution in [2.45, 2.75) is 0 Å². The number of carbonyl (C=O) groups is 1. The molecule has 1 aromatic rings. The van der Waals surface area contributed by atoms with E-state index in [-0.39, 0.29) is 29.2 Å². The molecule has 0 aliphatic heterocycles. The van der Waals surface area contributed by atoms with Crippen LogP contribution in [0, 0.1) is 11.3 Å². The van der Waals surface area contributed by atoms with Crippen LogP contribution in [0.2, 0.25) is 0 Å². The summed E-state index contributed by atoms with van der Waals surface area (Å²) >= 11 is 0. The van der Waals surface area contributed by atoms with Crippen LogP contribution in [-0.4, -0.2) is 22.5 Å². The number of rotatable bonds is 2. The number of nitriles is 1. The molecular weight excluding hydrogens is 184 g/mol. The van der Waals surface area contributed by atoms with Gasteiger partial charge in [-0.1, -0.05) is 0 Å². The molecule has 0 aliphatic carbocycles. The fraction of sp³-hybridized carbons (Fsp3) is 0.111. The Hall–Kier alpha value is -2.06. The van der Waals surface area contributed by atoms with Crippen molar-refractivity contribution < 1.29 is 15.0 Å². The molecule has 0 bridgehead atoms. The van der Waals surface area contributed by atoms with E-state index in [1.165, 1.54) is 0 Å². The molecule has 0 unspecified atom stereocenters. The van der Waals surface area contributed by atoms with Gasteiger partial charge in [0.15, 0.2) is 5.78 Å². The van der Waals surface area contributed by atoms with Gasteiger partial charge in [0.25, 0.3) is 0 Å². The van der Waals surface area contributed by atoms with Crippen molar-refractivity contribution in [2.75, 3.05) is 6.54 Å². The van der Waals surface area contributed by atoms with Gasteiger partial charge in [0, 0.05) is 6.07 Å². The van der Waals surface area contributed by atoms with Crippen molar-refractivity contribution in [3.63, 3.8) is 0 Å². The highest BCUT2D eigenvalue weighted by molar-refractivity contribution is 6.00. The van der Waals surface area contributed by atoms with Crippen LogP contribution in [-0.2, 0) is 0 Å². The largest absolute Gasteiger partial charge is 0.507 e. The molecule has 0 amide bonds. The molecule has 0 atom stereocenters.